The van der Waals surface area contributed by atoms with Crippen molar-refractivity contribution in [2.24, 2.45) is 13.0 Å². The van der Waals surface area contributed by atoms with Gasteiger partial charge in [0, 0.05) is 37.8 Å². The molecule has 0 radical (unpaired) electrons. The Labute approximate surface area is 112 Å². The van der Waals surface area contributed by atoms with Crippen LogP contribution in [0.2, 0.25) is 0 Å². The smallest absolute Gasteiger partial charge is 0.315 e. The minimum atomic E-state index is -0.860. The van der Waals surface area contributed by atoms with Crippen LogP contribution >= 0.6 is 0 Å². The molecule has 1 atom stereocenters. The van der Waals surface area contributed by atoms with Crippen molar-refractivity contribution in [1.82, 2.24) is 20.4 Å². The van der Waals surface area contributed by atoms with E-state index in [1.165, 1.54) is 0 Å². The van der Waals surface area contributed by atoms with Gasteiger partial charge in [0.25, 0.3) is 0 Å². The zero-order valence-electron chi connectivity index (χ0n) is 11.4. The minimum absolute atomic E-state index is 0.0436. The normalized spacial score (nSPS) is 11.9. The number of aryl methyl sites for hydroxylation is 1. The molecule has 19 heavy (non-hydrogen) atoms. The predicted octanol–water partition coefficient (Wildman–Crippen LogP) is 0.639. The van der Waals surface area contributed by atoms with Gasteiger partial charge in [0.2, 0.25) is 0 Å². The highest BCUT2D eigenvalue weighted by Crippen LogP contribution is 2.04. The van der Waals surface area contributed by atoms with E-state index in [0.29, 0.717) is 13.1 Å². The maximum atomic E-state index is 11.5. The fourth-order valence-electron chi connectivity index (χ4n) is 1.59. The summed E-state index contributed by atoms with van der Waals surface area (Å²) < 4.78 is 1.74. The number of carbonyl (C=O) groups excluding carboxylic acids is 1. The summed E-state index contributed by atoms with van der Waals surface area (Å²) in [5.74, 6) is -0.955. The van der Waals surface area contributed by atoms with E-state index in [9.17, 15) is 9.59 Å². The second-order valence-electron chi connectivity index (χ2n) is 4.65. The Bertz CT molecular complexity index is 456. The van der Waals surface area contributed by atoms with Crippen LogP contribution in [0.4, 0.5) is 4.79 Å². The van der Waals surface area contributed by atoms with Crippen molar-refractivity contribution in [3.05, 3.63) is 17.5 Å². The number of hydrogen-bond acceptors (Lipinski definition) is 3. The Hall–Kier alpha value is -2.05. The number of hydrogen-bond donors (Lipinski definition) is 3. The lowest BCUT2D eigenvalue weighted by Crippen LogP contribution is -2.37. The van der Waals surface area contributed by atoms with Gasteiger partial charge in [0.15, 0.2) is 0 Å². The number of carbonyl (C=O) groups is 2. The van der Waals surface area contributed by atoms with Gasteiger partial charge in [-0.3, -0.25) is 9.48 Å². The summed E-state index contributed by atoms with van der Waals surface area (Å²) in [7, 11) is 1.84. The van der Waals surface area contributed by atoms with Gasteiger partial charge in [-0.2, -0.15) is 5.10 Å². The molecule has 0 saturated carbocycles. The van der Waals surface area contributed by atoms with Crippen LogP contribution in [-0.2, 0) is 18.4 Å². The van der Waals surface area contributed by atoms with Crippen molar-refractivity contribution < 1.29 is 14.7 Å². The van der Waals surface area contributed by atoms with Crippen LogP contribution < -0.4 is 10.6 Å². The lowest BCUT2D eigenvalue weighted by Gasteiger charge is -2.11. The van der Waals surface area contributed by atoms with Crippen LogP contribution in [0.15, 0.2) is 6.20 Å². The fourth-order valence-corrected chi connectivity index (χ4v) is 1.59. The number of nitrogens with zero attached hydrogens (tertiary/aromatic N) is 2. The third-order valence-electron chi connectivity index (χ3n) is 2.91. The number of urea groups is 1. The van der Waals surface area contributed by atoms with Crippen molar-refractivity contribution in [3.63, 3.8) is 0 Å². The van der Waals surface area contributed by atoms with Gasteiger partial charge in [-0.05, 0) is 12.8 Å². The first kappa shape index (κ1) is 15.0. The zero-order valence-corrected chi connectivity index (χ0v) is 11.4. The van der Waals surface area contributed by atoms with Gasteiger partial charge in [0.05, 0.1) is 6.20 Å². The third kappa shape index (κ3) is 4.99. The first-order chi connectivity index (χ1) is 8.90. The van der Waals surface area contributed by atoms with E-state index in [4.69, 9.17) is 5.11 Å². The quantitative estimate of drug-likeness (QED) is 0.705. The summed E-state index contributed by atoms with van der Waals surface area (Å²) in [4.78, 5) is 22.0. The molecule has 0 spiro atoms. The van der Waals surface area contributed by atoms with Crippen LogP contribution in [0, 0.1) is 12.8 Å². The molecule has 3 N–H and O–H groups in total. The molecule has 1 aromatic heterocycles. The molecule has 0 aromatic carbocycles. The Balaban J connectivity index is 2.28. The number of aromatic nitrogens is 2. The summed E-state index contributed by atoms with van der Waals surface area (Å²) in [5, 5.41) is 18.0. The number of carboxylic acids is 1. The molecule has 106 valence electrons. The van der Waals surface area contributed by atoms with Gasteiger partial charge < -0.3 is 15.7 Å². The standard InChI is InChI=1S/C12H20N4O3/c1-8(4-11(17)18)5-13-12(19)14-6-10-7-15-16(3)9(10)2/h7-8H,4-6H2,1-3H3,(H,17,18)(H2,13,14,19). The summed E-state index contributed by atoms with van der Waals surface area (Å²) in [6, 6.07) is -0.305. The molecule has 0 saturated heterocycles. The molecule has 1 aromatic rings. The molecule has 0 aliphatic heterocycles. The molecule has 2 amide bonds. The van der Waals surface area contributed by atoms with Crippen LogP contribution in [0.1, 0.15) is 24.6 Å². The third-order valence-corrected chi connectivity index (χ3v) is 2.91. The van der Waals surface area contributed by atoms with Gasteiger partial charge >= 0.3 is 12.0 Å². The van der Waals surface area contributed by atoms with Crippen molar-refractivity contribution in [3.8, 4) is 0 Å². The van der Waals surface area contributed by atoms with Crippen molar-refractivity contribution in [2.45, 2.75) is 26.8 Å². The summed E-state index contributed by atoms with van der Waals surface area (Å²) >= 11 is 0. The SMILES string of the molecule is Cc1c(CNC(=O)NCC(C)CC(=O)O)cnn1C. The maximum absolute atomic E-state index is 11.5. The molecule has 0 aliphatic rings. The van der Waals surface area contributed by atoms with Gasteiger partial charge in [-0.1, -0.05) is 6.92 Å². The topological polar surface area (TPSA) is 96.2 Å². The summed E-state index contributed by atoms with van der Waals surface area (Å²) in [5.41, 5.74) is 1.95. The number of aliphatic carboxylic acids is 1. The van der Waals surface area contributed by atoms with E-state index in [0.717, 1.165) is 11.3 Å². The first-order valence-corrected chi connectivity index (χ1v) is 6.11. The minimum Gasteiger partial charge on any atom is -0.481 e. The Morgan fingerprint density at radius 3 is 2.68 bits per heavy atom. The molecule has 0 aliphatic carbocycles. The molecule has 1 unspecified atom stereocenters. The number of carboxylic acid groups (broad SMARTS) is 1. The van der Waals surface area contributed by atoms with Crippen molar-refractivity contribution in [1.29, 1.82) is 0 Å². The average Bonchev–Trinajstić information content (AvgIpc) is 2.64. The van der Waals surface area contributed by atoms with E-state index < -0.39 is 5.97 Å². The fraction of sp³-hybridized carbons (Fsp3) is 0.583. The lowest BCUT2D eigenvalue weighted by atomic mass is 10.1. The molecular weight excluding hydrogens is 248 g/mol. The summed E-state index contributed by atoms with van der Waals surface area (Å²) in [6.07, 6.45) is 1.75. The second kappa shape index (κ2) is 6.77. The Kier molecular flexibility index (Phi) is 5.35. The van der Waals surface area contributed by atoms with E-state index in [1.54, 1.807) is 17.8 Å². The molecular formula is C12H20N4O3. The van der Waals surface area contributed by atoms with E-state index in [-0.39, 0.29) is 18.4 Å². The highest BCUT2D eigenvalue weighted by atomic mass is 16.4. The van der Waals surface area contributed by atoms with Gasteiger partial charge in [0.1, 0.15) is 0 Å². The molecule has 0 fully saturated rings. The monoisotopic (exact) mass is 268 g/mol. The maximum Gasteiger partial charge on any atom is 0.315 e. The van der Waals surface area contributed by atoms with Crippen LogP contribution in [-0.4, -0.2) is 33.4 Å². The molecule has 7 heteroatoms. The average molecular weight is 268 g/mol. The van der Waals surface area contributed by atoms with Crippen LogP contribution in [0.5, 0.6) is 0 Å². The Morgan fingerprint density at radius 1 is 1.47 bits per heavy atom. The predicted molar refractivity (Wildman–Crippen MR) is 69.6 cm³/mol. The van der Waals surface area contributed by atoms with Crippen molar-refractivity contribution in [2.75, 3.05) is 6.54 Å². The highest BCUT2D eigenvalue weighted by molar-refractivity contribution is 5.74. The lowest BCUT2D eigenvalue weighted by molar-refractivity contribution is -0.137. The molecule has 1 rings (SSSR count). The first-order valence-electron chi connectivity index (χ1n) is 6.11. The molecule has 0 bridgehead atoms. The molecule has 1 heterocycles. The highest BCUT2D eigenvalue weighted by Gasteiger charge is 2.10. The van der Waals surface area contributed by atoms with E-state index >= 15 is 0 Å². The zero-order chi connectivity index (χ0) is 14.4. The molecule has 7 nitrogen and oxygen atoms in total. The van der Waals surface area contributed by atoms with E-state index in [2.05, 4.69) is 15.7 Å². The van der Waals surface area contributed by atoms with Crippen LogP contribution in [0.3, 0.4) is 0 Å². The van der Waals surface area contributed by atoms with E-state index in [1.807, 2.05) is 14.0 Å². The number of rotatable bonds is 6. The summed E-state index contributed by atoms with van der Waals surface area (Å²) in [6.45, 7) is 4.44. The van der Waals surface area contributed by atoms with Crippen LogP contribution in [0.25, 0.3) is 0 Å². The van der Waals surface area contributed by atoms with Gasteiger partial charge in [-0.25, -0.2) is 4.79 Å². The van der Waals surface area contributed by atoms with Crippen molar-refractivity contribution >= 4 is 12.0 Å². The largest absolute Gasteiger partial charge is 0.481 e. The van der Waals surface area contributed by atoms with Gasteiger partial charge in [-0.15, -0.1) is 0 Å². The number of nitrogens with one attached hydrogen (secondary N) is 2. The Morgan fingerprint density at radius 2 is 2.16 bits per heavy atom. The second-order valence-corrected chi connectivity index (χ2v) is 4.65. The number of amides is 2.